The molecule has 0 radical (unpaired) electrons. The highest BCUT2D eigenvalue weighted by atomic mass is 127. The molecule has 0 aromatic heterocycles. The molecule has 25 heavy (non-hydrogen) atoms. The van der Waals surface area contributed by atoms with Crippen molar-refractivity contribution < 1.29 is 13.5 Å². The van der Waals surface area contributed by atoms with Gasteiger partial charge in [-0.15, -0.1) is 0 Å². The van der Waals surface area contributed by atoms with Gasteiger partial charge in [-0.3, -0.25) is 0 Å². The number of rotatable bonds is 6. The molecule has 0 aliphatic carbocycles. The quantitative estimate of drug-likeness (QED) is 0.316. The smallest absolute Gasteiger partial charge is 0.140 e. The summed E-state index contributed by atoms with van der Waals surface area (Å²) < 4.78 is 34.4. The first kappa shape index (κ1) is 19.4. The standard InChI is InChI=1S/C20H18F2INO/c1-13(2)4-3-7-25-20-10-16(21)9-15(18(20)12-24)8-14-5-6-17(23)11-19(14)22/h4-6,9-11H,3,7-8H2,1-2H3. The average molecular weight is 453 g/mol. The van der Waals surface area contributed by atoms with Gasteiger partial charge < -0.3 is 4.74 Å². The van der Waals surface area contributed by atoms with Crippen molar-refractivity contribution in [2.24, 2.45) is 0 Å². The molecule has 5 heteroatoms. The lowest BCUT2D eigenvalue weighted by atomic mass is 9.99. The highest BCUT2D eigenvalue weighted by Crippen LogP contribution is 2.27. The lowest BCUT2D eigenvalue weighted by molar-refractivity contribution is 0.321. The fourth-order valence-electron chi connectivity index (χ4n) is 2.40. The van der Waals surface area contributed by atoms with Crippen LogP contribution >= 0.6 is 22.6 Å². The van der Waals surface area contributed by atoms with Gasteiger partial charge in [-0.2, -0.15) is 5.26 Å². The first-order valence-corrected chi connectivity index (χ1v) is 8.91. The first-order valence-electron chi connectivity index (χ1n) is 7.83. The van der Waals surface area contributed by atoms with Crippen LogP contribution in [0.25, 0.3) is 0 Å². The second-order valence-electron chi connectivity index (χ2n) is 5.88. The molecular weight excluding hydrogens is 435 g/mol. The van der Waals surface area contributed by atoms with Crippen LogP contribution in [0.3, 0.4) is 0 Å². The molecule has 2 aromatic rings. The predicted octanol–water partition coefficient (Wildman–Crippen LogP) is 5.77. The Morgan fingerprint density at radius 1 is 1.20 bits per heavy atom. The molecule has 0 aliphatic rings. The number of halogens is 3. The Kier molecular flexibility index (Phi) is 6.94. The topological polar surface area (TPSA) is 33.0 Å². The number of benzene rings is 2. The maximum Gasteiger partial charge on any atom is 0.140 e. The van der Waals surface area contributed by atoms with Gasteiger partial charge in [0, 0.05) is 16.1 Å². The van der Waals surface area contributed by atoms with Gasteiger partial charge in [0.15, 0.2) is 0 Å². The highest BCUT2D eigenvalue weighted by molar-refractivity contribution is 14.1. The monoisotopic (exact) mass is 453 g/mol. The Hall–Kier alpha value is -1.94. The van der Waals surface area contributed by atoms with Crippen molar-refractivity contribution in [2.75, 3.05) is 6.61 Å². The summed E-state index contributed by atoms with van der Waals surface area (Å²) >= 11 is 2.02. The lowest BCUT2D eigenvalue weighted by Crippen LogP contribution is -2.03. The summed E-state index contributed by atoms with van der Waals surface area (Å²) in [5.74, 6) is -0.672. The van der Waals surface area contributed by atoms with Crippen LogP contribution in [0.15, 0.2) is 42.0 Å². The van der Waals surface area contributed by atoms with Crippen LogP contribution in [-0.4, -0.2) is 6.61 Å². The Bertz CT molecular complexity index is 836. The largest absolute Gasteiger partial charge is 0.492 e. The summed E-state index contributed by atoms with van der Waals surface area (Å²) in [7, 11) is 0. The van der Waals surface area contributed by atoms with E-state index in [1.807, 2.05) is 42.5 Å². The van der Waals surface area contributed by atoms with E-state index in [0.29, 0.717) is 24.2 Å². The normalized spacial score (nSPS) is 10.2. The molecule has 2 nitrogen and oxygen atoms in total. The Labute approximate surface area is 160 Å². The van der Waals surface area contributed by atoms with Gasteiger partial charge in [-0.25, -0.2) is 8.78 Å². The second-order valence-corrected chi connectivity index (χ2v) is 7.13. The summed E-state index contributed by atoms with van der Waals surface area (Å²) in [5.41, 5.74) is 2.24. The summed E-state index contributed by atoms with van der Waals surface area (Å²) in [6.45, 7) is 4.31. The van der Waals surface area contributed by atoms with E-state index in [-0.39, 0.29) is 23.6 Å². The van der Waals surface area contributed by atoms with E-state index in [1.54, 1.807) is 12.1 Å². The number of nitrogens with zero attached hydrogens (tertiary/aromatic N) is 1. The van der Waals surface area contributed by atoms with Crippen molar-refractivity contribution in [1.29, 1.82) is 5.26 Å². The van der Waals surface area contributed by atoms with E-state index < -0.39 is 5.82 Å². The van der Waals surface area contributed by atoms with Gasteiger partial charge in [0.25, 0.3) is 0 Å². The number of hydrogen-bond donors (Lipinski definition) is 0. The number of nitriles is 1. The van der Waals surface area contributed by atoms with E-state index in [4.69, 9.17) is 4.74 Å². The molecule has 0 unspecified atom stereocenters. The summed E-state index contributed by atoms with van der Waals surface area (Å²) in [6.07, 6.45) is 2.81. The molecule has 0 saturated carbocycles. The van der Waals surface area contributed by atoms with Gasteiger partial charge in [-0.1, -0.05) is 17.7 Å². The minimum Gasteiger partial charge on any atom is -0.492 e. The Balaban J connectivity index is 2.28. The van der Waals surface area contributed by atoms with E-state index in [0.717, 1.165) is 3.57 Å². The summed E-state index contributed by atoms with van der Waals surface area (Å²) in [6, 6.07) is 9.37. The first-order chi connectivity index (χ1) is 11.9. The van der Waals surface area contributed by atoms with E-state index in [2.05, 4.69) is 6.07 Å². The van der Waals surface area contributed by atoms with E-state index >= 15 is 0 Å². The van der Waals surface area contributed by atoms with Crippen molar-refractivity contribution in [2.45, 2.75) is 26.7 Å². The van der Waals surface area contributed by atoms with Crippen LogP contribution in [0.4, 0.5) is 8.78 Å². The van der Waals surface area contributed by atoms with Gasteiger partial charge in [0.05, 0.1) is 12.2 Å². The molecule has 130 valence electrons. The molecule has 0 aliphatic heterocycles. The second kappa shape index (κ2) is 8.95. The summed E-state index contributed by atoms with van der Waals surface area (Å²) in [5, 5.41) is 9.47. The Morgan fingerprint density at radius 2 is 1.96 bits per heavy atom. The number of hydrogen-bond acceptors (Lipinski definition) is 2. The van der Waals surface area contributed by atoms with Crippen LogP contribution in [0.1, 0.15) is 37.0 Å². The molecule has 0 amide bonds. The van der Waals surface area contributed by atoms with Crippen LogP contribution in [0.5, 0.6) is 5.75 Å². The third kappa shape index (κ3) is 5.53. The fraction of sp³-hybridized carbons (Fsp3) is 0.250. The van der Waals surface area contributed by atoms with E-state index in [9.17, 15) is 14.0 Å². The molecule has 0 atom stereocenters. The van der Waals surface area contributed by atoms with Crippen LogP contribution in [0.2, 0.25) is 0 Å². The summed E-state index contributed by atoms with van der Waals surface area (Å²) in [4.78, 5) is 0. The fourth-order valence-corrected chi connectivity index (χ4v) is 2.86. The minimum atomic E-state index is -0.503. The van der Waals surface area contributed by atoms with Crippen molar-refractivity contribution in [3.63, 3.8) is 0 Å². The van der Waals surface area contributed by atoms with Gasteiger partial charge in [0.1, 0.15) is 23.5 Å². The number of ether oxygens (including phenoxy) is 1. The zero-order chi connectivity index (χ0) is 18.4. The molecule has 0 N–H and O–H groups in total. The van der Waals surface area contributed by atoms with Crippen molar-refractivity contribution in [1.82, 2.24) is 0 Å². The minimum absolute atomic E-state index is 0.133. The molecule has 2 rings (SSSR count). The number of allylic oxidation sites excluding steroid dienone is 1. The van der Waals surface area contributed by atoms with Crippen LogP contribution in [0, 0.1) is 26.5 Å². The van der Waals surface area contributed by atoms with Crippen molar-refractivity contribution in [3.05, 3.63) is 73.9 Å². The molecular formula is C20H18F2INO. The molecule has 0 saturated heterocycles. The molecule has 0 bridgehead atoms. The average Bonchev–Trinajstić information content (AvgIpc) is 2.54. The zero-order valence-electron chi connectivity index (χ0n) is 14.1. The molecule has 0 heterocycles. The third-order valence-electron chi connectivity index (χ3n) is 3.58. The maximum absolute atomic E-state index is 14.1. The zero-order valence-corrected chi connectivity index (χ0v) is 16.2. The van der Waals surface area contributed by atoms with Gasteiger partial charge in [0.2, 0.25) is 0 Å². The predicted molar refractivity (Wildman–Crippen MR) is 103 cm³/mol. The molecule has 2 aromatic carbocycles. The van der Waals surface area contributed by atoms with Crippen molar-refractivity contribution in [3.8, 4) is 11.8 Å². The van der Waals surface area contributed by atoms with Gasteiger partial charge >= 0.3 is 0 Å². The Morgan fingerprint density at radius 3 is 2.60 bits per heavy atom. The molecule has 0 spiro atoms. The highest BCUT2D eigenvalue weighted by Gasteiger charge is 2.14. The maximum atomic E-state index is 14.1. The van der Waals surface area contributed by atoms with Gasteiger partial charge in [-0.05, 0) is 72.2 Å². The SMILES string of the molecule is CC(C)=CCCOc1cc(F)cc(Cc2ccc(I)cc2F)c1C#N. The molecule has 0 fully saturated rings. The van der Waals surface area contributed by atoms with Crippen LogP contribution in [-0.2, 0) is 6.42 Å². The van der Waals surface area contributed by atoms with Crippen LogP contribution < -0.4 is 4.74 Å². The lowest BCUT2D eigenvalue weighted by Gasteiger charge is -2.12. The third-order valence-corrected chi connectivity index (χ3v) is 4.26. The van der Waals surface area contributed by atoms with E-state index in [1.165, 1.54) is 23.8 Å². The van der Waals surface area contributed by atoms with Crippen molar-refractivity contribution >= 4 is 22.6 Å².